The Morgan fingerprint density at radius 1 is 1.33 bits per heavy atom. The second-order valence-corrected chi connectivity index (χ2v) is 5.24. The number of hydrogen-bond donors (Lipinski definition) is 1. The molecule has 0 radical (unpaired) electrons. The predicted molar refractivity (Wildman–Crippen MR) is 54.0 cm³/mol. The molecule has 0 atom stereocenters. The smallest absolute Gasteiger partial charge is 0.347 e. The van der Waals surface area contributed by atoms with Gasteiger partial charge in [-0.15, -0.1) is 0 Å². The first kappa shape index (κ1) is 9.92. The maximum absolute atomic E-state index is 11.7. The van der Waals surface area contributed by atoms with Crippen molar-refractivity contribution < 1.29 is 18.3 Å². The summed E-state index contributed by atoms with van der Waals surface area (Å²) in [5.41, 5.74) is 1.35. The van der Waals surface area contributed by atoms with Crippen LogP contribution in [0.2, 0.25) is 0 Å². The summed E-state index contributed by atoms with van der Waals surface area (Å²) in [5, 5.41) is 8.74. The van der Waals surface area contributed by atoms with Crippen molar-refractivity contribution in [2.75, 3.05) is 0 Å². The Kier molecular flexibility index (Phi) is 1.94. The number of carbonyl (C=O) groups is 1. The molecule has 0 aromatic heterocycles. The van der Waals surface area contributed by atoms with Crippen LogP contribution in [-0.4, -0.2) is 19.5 Å². The largest absolute Gasteiger partial charge is 0.477 e. The highest BCUT2D eigenvalue weighted by Gasteiger charge is 2.33. The van der Waals surface area contributed by atoms with E-state index in [2.05, 4.69) is 0 Å². The molecule has 1 N–H and O–H groups in total. The molecule has 1 aromatic carbocycles. The minimum atomic E-state index is -3.80. The van der Waals surface area contributed by atoms with Crippen LogP contribution in [0.4, 0.5) is 0 Å². The molecule has 0 saturated heterocycles. The van der Waals surface area contributed by atoms with Crippen LogP contribution in [0.25, 0.3) is 6.08 Å². The van der Waals surface area contributed by atoms with E-state index in [4.69, 9.17) is 5.11 Å². The number of aliphatic carboxylic acids is 1. The lowest BCUT2D eigenvalue weighted by molar-refractivity contribution is -0.131. The molecule has 0 aliphatic carbocycles. The average molecular weight is 224 g/mol. The van der Waals surface area contributed by atoms with Crippen molar-refractivity contribution in [3.63, 3.8) is 0 Å². The lowest BCUT2D eigenvalue weighted by atomic mass is 10.1. The van der Waals surface area contributed by atoms with E-state index in [1.54, 1.807) is 12.1 Å². The Labute approximate surface area is 86.8 Å². The average Bonchev–Trinajstić information content (AvgIpc) is 2.37. The zero-order chi connectivity index (χ0) is 11.2. The lowest BCUT2D eigenvalue weighted by Gasteiger charge is -2.00. The highest BCUT2D eigenvalue weighted by atomic mass is 32.2. The van der Waals surface area contributed by atoms with Crippen molar-refractivity contribution in [2.24, 2.45) is 0 Å². The van der Waals surface area contributed by atoms with E-state index in [-0.39, 0.29) is 4.90 Å². The standard InChI is InChI=1S/C10H8O4S/c1-6-2-3-8-7(4-6)5-9(10(11)12)15(8,13)14/h2-5H,1H3,(H,11,12). The van der Waals surface area contributed by atoms with Gasteiger partial charge in [0.25, 0.3) is 0 Å². The Morgan fingerprint density at radius 2 is 2.00 bits per heavy atom. The molecule has 1 heterocycles. The Bertz CT molecular complexity index is 581. The minimum Gasteiger partial charge on any atom is -0.477 e. The van der Waals surface area contributed by atoms with Crippen LogP contribution >= 0.6 is 0 Å². The molecule has 0 spiro atoms. The molecule has 1 aliphatic rings. The van der Waals surface area contributed by atoms with Gasteiger partial charge >= 0.3 is 5.97 Å². The van der Waals surface area contributed by atoms with Gasteiger partial charge in [-0.1, -0.05) is 17.7 Å². The van der Waals surface area contributed by atoms with Gasteiger partial charge in [0.15, 0.2) is 4.91 Å². The molecule has 0 fully saturated rings. The van der Waals surface area contributed by atoms with Crippen LogP contribution in [-0.2, 0) is 14.6 Å². The third kappa shape index (κ3) is 1.35. The van der Waals surface area contributed by atoms with Crippen molar-refractivity contribution in [2.45, 2.75) is 11.8 Å². The van der Waals surface area contributed by atoms with Crippen LogP contribution in [0.1, 0.15) is 11.1 Å². The molecule has 2 rings (SSSR count). The van der Waals surface area contributed by atoms with E-state index in [1.165, 1.54) is 12.1 Å². The number of carboxylic acids is 1. The number of fused-ring (bicyclic) bond motifs is 1. The summed E-state index contributed by atoms with van der Waals surface area (Å²) in [4.78, 5) is 10.2. The van der Waals surface area contributed by atoms with Crippen molar-refractivity contribution in [1.29, 1.82) is 0 Å². The van der Waals surface area contributed by atoms with Gasteiger partial charge in [0.1, 0.15) is 0 Å². The first-order valence-corrected chi connectivity index (χ1v) is 5.72. The molecule has 5 heteroatoms. The molecule has 78 valence electrons. The van der Waals surface area contributed by atoms with Gasteiger partial charge in [0, 0.05) is 0 Å². The van der Waals surface area contributed by atoms with Crippen LogP contribution in [0.15, 0.2) is 28.0 Å². The van der Waals surface area contributed by atoms with E-state index in [0.717, 1.165) is 5.56 Å². The highest BCUT2D eigenvalue weighted by Crippen LogP contribution is 2.33. The van der Waals surface area contributed by atoms with Gasteiger partial charge in [-0.2, -0.15) is 0 Å². The summed E-state index contributed by atoms with van der Waals surface area (Å²) in [7, 11) is -3.80. The molecule has 15 heavy (non-hydrogen) atoms. The number of benzene rings is 1. The van der Waals surface area contributed by atoms with Crippen LogP contribution < -0.4 is 0 Å². The number of aryl methyl sites for hydroxylation is 1. The summed E-state index contributed by atoms with van der Waals surface area (Å²) in [6, 6.07) is 4.74. The maximum Gasteiger partial charge on any atom is 0.347 e. The van der Waals surface area contributed by atoms with Crippen LogP contribution in [0, 0.1) is 6.92 Å². The van der Waals surface area contributed by atoms with Gasteiger partial charge in [-0.3, -0.25) is 0 Å². The van der Waals surface area contributed by atoms with E-state index in [9.17, 15) is 13.2 Å². The molecule has 4 nitrogen and oxygen atoms in total. The molecule has 1 aliphatic heterocycles. The Hall–Kier alpha value is -1.62. The molecular formula is C10H8O4S. The number of rotatable bonds is 1. The quantitative estimate of drug-likeness (QED) is 0.778. The van der Waals surface area contributed by atoms with Crippen molar-refractivity contribution in [1.82, 2.24) is 0 Å². The number of hydrogen-bond acceptors (Lipinski definition) is 3. The predicted octanol–water partition coefficient (Wildman–Crippen LogP) is 1.21. The third-order valence-electron chi connectivity index (χ3n) is 2.24. The van der Waals surface area contributed by atoms with E-state index in [1.807, 2.05) is 6.92 Å². The Morgan fingerprint density at radius 3 is 2.60 bits per heavy atom. The summed E-state index contributed by atoms with van der Waals surface area (Å²) in [6.07, 6.45) is 1.19. The zero-order valence-electron chi connectivity index (χ0n) is 7.89. The fraction of sp³-hybridized carbons (Fsp3) is 0.100. The van der Waals surface area contributed by atoms with E-state index in [0.29, 0.717) is 5.56 Å². The Balaban J connectivity index is 2.74. The second kappa shape index (κ2) is 2.93. The monoisotopic (exact) mass is 224 g/mol. The summed E-state index contributed by atoms with van der Waals surface area (Å²) in [6.45, 7) is 1.82. The van der Waals surface area contributed by atoms with Gasteiger partial charge in [-0.05, 0) is 24.6 Å². The molecule has 0 saturated carbocycles. The van der Waals surface area contributed by atoms with Crippen LogP contribution in [0.5, 0.6) is 0 Å². The molecule has 0 amide bonds. The maximum atomic E-state index is 11.7. The van der Waals surface area contributed by atoms with Crippen molar-refractivity contribution in [3.8, 4) is 0 Å². The fourth-order valence-corrected chi connectivity index (χ4v) is 2.96. The third-order valence-corrected chi connectivity index (χ3v) is 4.06. The van der Waals surface area contributed by atoms with Gasteiger partial charge < -0.3 is 5.11 Å². The first-order valence-electron chi connectivity index (χ1n) is 4.23. The molecule has 1 aromatic rings. The van der Waals surface area contributed by atoms with Crippen LogP contribution in [0.3, 0.4) is 0 Å². The zero-order valence-corrected chi connectivity index (χ0v) is 8.71. The summed E-state index contributed by atoms with van der Waals surface area (Å²) in [5.74, 6) is -1.41. The van der Waals surface area contributed by atoms with Gasteiger partial charge in [0.05, 0.1) is 4.90 Å². The minimum absolute atomic E-state index is 0.0745. The second-order valence-electron chi connectivity index (χ2n) is 3.36. The molecular weight excluding hydrogens is 216 g/mol. The summed E-state index contributed by atoms with van der Waals surface area (Å²) < 4.78 is 23.4. The number of sulfone groups is 1. The number of carboxylic acid groups (broad SMARTS) is 1. The molecule has 0 bridgehead atoms. The SMILES string of the molecule is Cc1ccc2c(c1)C=C(C(=O)O)S2(=O)=O. The highest BCUT2D eigenvalue weighted by molar-refractivity contribution is 7.96. The fourth-order valence-electron chi connectivity index (χ4n) is 1.54. The van der Waals surface area contributed by atoms with E-state index >= 15 is 0 Å². The normalized spacial score (nSPS) is 17.0. The van der Waals surface area contributed by atoms with Crippen molar-refractivity contribution >= 4 is 21.9 Å². The topological polar surface area (TPSA) is 71.4 Å². The first-order chi connectivity index (χ1) is 6.93. The molecule has 0 unspecified atom stereocenters. The van der Waals surface area contributed by atoms with Gasteiger partial charge in [0.2, 0.25) is 9.84 Å². The van der Waals surface area contributed by atoms with Gasteiger partial charge in [-0.25, -0.2) is 13.2 Å². The van der Waals surface area contributed by atoms with Crippen molar-refractivity contribution in [3.05, 3.63) is 34.2 Å². The summed E-state index contributed by atoms with van der Waals surface area (Å²) >= 11 is 0. The lowest BCUT2D eigenvalue weighted by Crippen LogP contribution is -2.09. The van der Waals surface area contributed by atoms with E-state index < -0.39 is 20.7 Å².